The van der Waals surface area contributed by atoms with Crippen molar-refractivity contribution in [1.29, 1.82) is 0 Å². The van der Waals surface area contributed by atoms with Gasteiger partial charge in [-0.2, -0.15) is 0 Å². The van der Waals surface area contributed by atoms with Gasteiger partial charge in [-0.05, 0) is 76.8 Å². The normalized spacial score (nSPS) is 17.4. The Morgan fingerprint density at radius 2 is 1.73 bits per heavy atom. The van der Waals surface area contributed by atoms with E-state index in [1.807, 2.05) is 58.0 Å². The maximum absolute atomic E-state index is 14.0. The van der Waals surface area contributed by atoms with Gasteiger partial charge >= 0.3 is 6.09 Å². The van der Waals surface area contributed by atoms with Gasteiger partial charge in [0, 0.05) is 12.6 Å². The second kappa shape index (κ2) is 17.4. The van der Waals surface area contributed by atoms with Crippen LogP contribution in [0.3, 0.4) is 0 Å². The van der Waals surface area contributed by atoms with Crippen LogP contribution in [-0.4, -0.2) is 71.1 Å². The third-order valence-corrected chi connectivity index (χ3v) is 7.07. The Hall–Kier alpha value is -3.40. The molecule has 0 saturated carbocycles. The van der Waals surface area contributed by atoms with Gasteiger partial charge in [0.25, 0.3) is 0 Å². The van der Waals surface area contributed by atoms with Crippen LogP contribution in [0.15, 0.2) is 42.5 Å². The van der Waals surface area contributed by atoms with Crippen LogP contribution in [0.5, 0.6) is 0 Å². The average Bonchev–Trinajstić information content (AvgIpc) is 3.40. The first-order valence-corrected chi connectivity index (χ1v) is 14.8. The van der Waals surface area contributed by atoms with Gasteiger partial charge in [-0.25, -0.2) is 4.79 Å². The van der Waals surface area contributed by atoms with Crippen LogP contribution in [0.1, 0.15) is 71.8 Å². The molecule has 2 rings (SSSR count). The molecule has 1 fully saturated rings. The van der Waals surface area contributed by atoms with E-state index in [1.165, 1.54) is 0 Å². The van der Waals surface area contributed by atoms with Gasteiger partial charge < -0.3 is 31.7 Å². The van der Waals surface area contributed by atoms with Crippen LogP contribution < -0.4 is 21.7 Å². The fraction of sp³-hybridized carbons (Fsp3) is 0.613. The third-order valence-electron chi connectivity index (χ3n) is 7.07. The molecule has 1 aliphatic rings. The standard InChI is InChI=1S/C31H49N5O5/c1-21(2)19-25(34-31(40)41)16-15-24(20-23-11-6-5-7-12-23)30(39)36-18-10-14-27(36)29(38)35-26(13-8-9-17-32)28(37)33-22(3)4/h5-7,11-12,15-16,21-22,24-27,34H,8-10,13-14,17-20,32H2,1-4H3,(H,33,37)(H,35,38)(H,40,41)/b16-15+/t24-,25-,26?,27?/m1/s1. The highest BCUT2D eigenvalue weighted by Gasteiger charge is 2.38. The minimum Gasteiger partial charge on any atom is -0.465 e. The van der Waals surface area contributed by atoms with Crippen molar-refractivity contribution in [2.24, 2.45) is 17.6 Å². The molecule has 1 aromatic carbocycles. The quantitative estimate of drug-likeness (QED) is 0.152. The summed E-state index contributed by atoms with van der Waals surface area (Å²) >= 11 is 0. The molecule has 228 valence electrons. The second-order valence-electron chi connectivity index (χ2n) is 11.6. The lowest BCUT2D eigenvalue weighted by atomic mass is 9.95. The SMILES string of the molecule is CC(C)C[C@@H](/C=C/[C@H](Cc1ccccc1)C(=O)N1CCCC1C(=O)NC(CCCCN)C(=O)NC(C)C)NC(=O)O. The first-order valence-electron chi connectivity index (χ1n) is 14.8. The molecule has 41 heavy (non-hydrogen) atoms. The molecular weight excluding hydrogens is 522 g/mol. The summed E-state index contributed by atoms with van der Waals surface area (Å²) in [5.74, 6) is -1.10. The lowest BCUT2D eigenvalue weighted by molar-refractivity contribution is -0.141. The number of benzene rings is 1. The van der Waals surface area contributed by atoms with Gasteiger partial charge in [0.2, 0.25) is 17.7 Å². The number of hydrogen-bond acceptors (Lipinski definition) is 5. The number of nitrogens with zero attached hydrogens (tertiary/aromatic N) is 1. The van der Waals surface area contributed by atoms with E-state index in [0.717, 1.165) is 12.0 Å². The largest absolute Gasteiger partial charge is 0.465 e. The maximum Gasteiger partial charge on any atom is 0.405 e. The summed E-state index contributed by atoms with van der Waals surface area (Å²) in [5, 5.41) is 17.6. The molecule has 10 heteroatoms. The molecule has 0 radical (unpaired) electrons. The van der Waals surface area contributed by atoms with E-state index in [-0.39, 0.29) is 29.7 Å². The van der Waals surface area contributed by atoms with Gasteiger partial charge in [0.05, 0.1) is 12.0 Å². The molecule has 0 aliphatic carbocycles. The van der Waals surface area contributed by atoms with E-state index in [2.05, 4.69) is 16.0 Å². The number of nitrogens with two attached hydrogens (primary N) is 1. The van der Waals surface area contributed by atoms with Crippen LogP contribution in [0.4, 0.5) is 4.79 Å². The fourth-order valence-corrected chi connectivity index (χ4v) is 5.16. The Morgan fingerprint density at radius 3 is 2.34 bits per heavy atom. The van der Waals surface area contributed by atoms with Gasteiger partial charge in [-0.3, -0.25) is 14.4 Å². The van der Waals surface area contributed by atoms with Gasteiger partial charge in [-0.15, -0.1) is 0 Å². The summed E-state index contributed by atoms with van der Waals surface area (Å²) in [6.45, 7) is 8.70. The van der Waals surface area contributed by atoms with Gasteiger partial charge in [0.15, 0.2) is 0 Å². The summed E-state index contributed by atoms with van der Waals surface area (Å²) < 4.78 is 0. The van der Waals surface area contributed by atoms with Gasteiger partial charge in [-0.1, -0.05) is 56.3 Å². The third kappa shape index (κ3) is 11.9. The summed E-state index contributed by atoms with van der Waals surface area (Å²) in [6.07, 6.45) is 6.53. The first-order chi connectivity index (χ1) is 19.5. The van der Waals surface area contributed by atoms with Crippen molar-refractivity contribution >= 4 is 23.8 Å². The number of likely N-dealkylation sites (tertiary alicyclic amines) is 1. The van der Waals surface area contributed by atoms with E-state index < -0.39 is 30.1 Å². The first kappa shape index (κ1) is 33.8. The van der Waals surface area contributed by atoms with E-state index in [4.69, 9.17) is 5.73 Å². The van der Waals surface area contributed by atoms with Gasteiger partial charge in [0.1, 0.15) is 12.1 Å². The lowest BCUT2D eigenvalue weighted by Crippen LogP contribution is -2.54. The lowest BCUT2D eigenvalue weighted by Gasteiger charge is -2.29. The Bertz CT molecular complexity index is 1010. The van der Waals surface area contributed by atoms with Crippen LogP contribution >= 0.6 is 0 Å². The fourth-order valence-electron chi connectivity index (χ4n) is 5.16. The molecule has 1 aliphatic heterocycles. The molecule has 0 aromatic heterocycles. The molecule has 1 saturated heterocycles. The van der Waals surface area contributed by atoms with Crippen LogP contribution in [0, 0.1) is 11.8 Å². The minimum atomic E-state index is -1.12. The van der Waals surface area contributed by atoms with Crippen molar-refractivity contribution in [3.63, 3.8) is 0 Å². The molecule has 6 N–H and O–H groups in total. The Labute approximate surface area is 244 Å². The van der Waals surface area contributed by atoms with Crippen LogP contribution in [0.2, 0.25) is 0 Å². The smallest absolute Gasteiger partial charge is 0.405 e. The van der Waals surface area contributed by atoms with Crippen molar-refractivity contribution in [3.05, 3.63) is 48.0 Å². The number of carboxylic acid groups (broad SMARTS) is 1. The van der Waals surface area contributed by atoms with Crippen molar-refractivity contribution in [2.45, 2.75) is 96.8 Å². The summed E-state index contributed by atoms with van der Waals surface area (Å²) in [4.78, 5) is 53.3. The second-order valence-corrected chi connectivity index (χ2v) is 11.6. The van der Waals surface area contributed by atoms with Crippen LogP contribution in [0.25, 0.3) is 0 Å². The van der Waals surface area contributed by atoms with Crippen molar-refractivity contribution in [2.75, 3.05) is 13.1 Å². The minimum absolute atomic E-state index is 0.0679. The molecule has 0 bridgehead atoms. The highest BCUT2D eigenvalue weighted by molar-refractivity contribution is 5.93. The number of rotatable bonds is 16. The number of carbonyl (C=O) groups excluding carboxylic acids is 3. The topological polar surface area (TPSA) is 154 Å². The van der Waals surface area contributed by atoms with Crippen molar-refractivity contribution in [3.8, 4) is 0 Å². The van der Waals surface area contributed by atoms with E-state index in [1.54, 1.807) is 17.1 Å². The predicted molar refractivity (Wildman–Crippen MR) is 160 cm³/mol. The van der Waals surface area contributed by atoms with E-state index in [0.29, 0.717) is 51.6 Å². The monoisotopic (exact) mass is 571 g/mol. The number of nitrogens with one attached hydrogen (secondary N) is 3. The van der Waals surface area contributed by atoms with E-state index in [9.17, 15) is 24.3 Å². The summed E-state index contributed by atoms with van der Waals surface area (Å²) in [6, 6.07) is 7.73. The van der Waals surface area contributed by atoms with E-state index >= 15 is 0 Å². The Balaban J connectivity index is 2.26. The zero-order valence-corrected chi connectivity index (χ0v) is 25.0. The number of amides is 4. The zero-order valence-electron chi connectivity index (χ0n) is 25.0. The Kier molecular flexibility index (Phi) is 14.4. The summed E-state index contributed by atoms with van der Waals surface area (Å²) in [7, 11) is 0. The molecule has 4 atom stereocenters. The highest BCUT2D eigenvalue weighted by Crippen LogP contribution is 2.24. The van der Waals surface area contributed by atoms with Crippen molar-refractivity contribution < 1.29 is 24.3 Å². The molecule has 1 aromatic rings. The predicted octanol–water partition coefficient (Wildman–Crippen LogP) is 3.21. The number of hydrogen-bond donors (Lipinski definition) is 5. The highest BCUT2D eigenvalue weighted by atomic mass is 16.4. The van der Waals surface area contributed by atoms with Crippen LogP contribution in [-0.2, 0) is 20.8 Å². The number of carbonyl (C=O) groups is 4. The molecule has 2 unspecified atom stereocenters. The maximum atomic E-state index is 14.0. The molecule has 4 amide bonds. The average molecular weight is 572 g/mol. The number of unbranched alkanes of at least 4 members (excludes halogenated alkanes) is 1. The zero-order chi connectivity index (χ0) is 30.4. The van der Waals surface area contributed by atoms with Crippen molar-refractivity contribution in [1.82, 2.24) is 20.9 Å². The Morgan fingerprint density at radius 1 is 1.02 bits per heavy atom. The molecule has 0 spiro atoms. The summed E-state index contributed by atoms with van der Waals surface area (Å²) in [5.41, 5.74) is 6.59. The molecular formula is C31H49N5O5. The molecule has 1 heterocycles. The molecule has 10 nitrogen and oxygen atoms in total.